The summed E-state index contributed by atoms with van der Waals surface area (Å²) < 4.78 is 18.6. The van der Waals surface area contributed by atoms with Crippen molar-refractivity contribution in [2.24, 2.45) is 5.73 Å². The zero-order valence-electron chi connectivity index (χ0n) is 10.9. The first-order valence-corrected chi connectivity index (χ1v) is 6.13. The smallest absolute Gasteiger partial charge is 0.268 e. The standard InChI is InChI=1S/C14H11FN4O2/c15-8-21-10-4-1-3-9(7-10)11-12(13(16)20)19-6-2-5-17-14(19)18-11/h1-7H,8H2,(H2,16,20). The molecule has 1 aromatic carbocycles. The van der Waals surface area contributed by atoms with Crippen molar-refractivity contribution in [1.82, 2.24) is 14.4 Å². The first-order valence-electron chi connectivity index (χ1n) is 6.13. The number of ether oxygens (including phenoxy) is 1. The number of nitrogens with zero attached hydrogens (tertiary/aromatic N) is 3. The summed E-state index contributed by atoms with van der Waals surface area (Å²) in [5.74, 6) is 0.0795. The van der Waals surface area contributed by atoms with Crippen molar-refractivity contribution in [2.45, 2.75) is 0 Å². The molecule has 3 rings (SSSR count). The lowest BCUT2D eigenvalue weighted by molar-refractivity contribution is 0.0995. The van der Waals surface area contributed by atoms with Crippen LogP contribution < -0.4 is 10.5 Å². The second kappa shape index (κ2) is 5.20. The number of imidazole rings is 1. The third-order valence-electron chi connectivity index (χ3n) is 2.97. The van der Waals surface area contributed by atoms with E-state index in [2.05, 4.69) is 9.97 Å². The highest BCUT2D eigenvalue weighted by Crippen LogP contribution is 2.26. The van der Waals surface area contributed by atoms with Gasteiger partial charge in [-0.15, -0.1) is 0 Å². The Bertz CT molecular complexity index is 816. The van der Waals surface area contributed by atoms with Crippen LogP contribution in [0, 0.1) is 0 Å². The molecule has 6 nitrogen and oxygen atoms in total. The number of benzene rings is 1. The number of amides is 1. The molecule has 0 atom stereocenters. The molecule has 0 bridgehead atoms. The minimum Gasteiger partial charge on any atom is -0.463 e. The summed E-state index contributed by atoms with van der Waals surface area (Å²) in [6.07, 6.45) is 3.22. The number of hydrogen-bond acceptors (Lipinski definition) is 4. The van der Waals surface area contributed by atoms with E-state index < -0.39 is 12.8 Å². The Kier molecular flexibility index (Phi) is 3.23. The van der Waals surface area contributed by atoms with Crippen LogP contribution in [0.1, 0.15) is 10.5 Å². The Hall–Kier alpha value is -2.96. The van der Waals surface area contributed by atoms with Crippen LogP contribution in [0.25, 0.3) is 17.0 Å². The summed E-state index contributed by atoms with van der Waals surface area (Å²) in [7, 11) is 0. The van der Waals surface area contributed by atoms with Crippen LogP contribution in [0.15, 0.2) is 42.7 Å². The van der Waals surface area contributed by atoms with E-state index in [1.165, 1.54) is 4.40 Å². The van der Waals surface area contributed by atoms with Crippen molar-refractivity contribution in [3.63, 3.8) is 0 Å². The number of halogens is 1. The number of carbonyl (C=O) groups excluding carboxylic acids is 1. The molecular weight excluding hydrogens is 275 g/mol. The van der Waals surface area contributed by atoms with E-state index >= 15 is 0 Å². The second-order valence-electron chi connectivity index (χ2n) is 4.24. The molecule has 3 aromatic rings. The summed E-state index contributed by atoms with van der Waals surface area (Å²) in [6, 6.07) is 8.30. The molecule has 0 unspecified atom stereocenters. The molecule has 2 N–H and O–H groups in total. The van der Waals surface area contributed by atoms with Gasteiger partial charge in [0.2, 0.25) is 12.6 Å². The van der Waals surface area contributed by atoms with Gasteiger partial charge in [-0.05, 0) is 18.2 Å². The highest BCUT2D eigenvalue weighted by molar-refractivity contribution is 5.98. The quantitative estimate of drug-likeness (QED) is 0.792. The van der Waals surface area contributed by atoms with Gasteiger partial charge in [-0.3, -0.25) is 9.20 Å². The van der Waals surface area contributed by atoms with Crippen molar-refractivity contribution < 1.29 is 13.9 Å². The van der Waals surface area contributed by atoms with Gasteiger partial charge in [-0.25, -0.2) is 14.4 Å². The van der Waals surface area contributed by atoms with E-state index in [0.29, 0.717) is 22.8 Å². The zero-order chi connectivity index (χ0) is 14.8. The Morgan fingerprint density at radius 2 is 2.24 bits per heavy atom. The average molecular weight is 286 g/mol. The average Bonchev–Trinajstić information content (AvgIpc) is 2.87. The molecule has 0 aliphatic heterocycles. The van der Waals surface area contributed by atoms with Crippen molar-refractivity contribution in [2.75, 3.05) is 6.86 Å². The molecule has 0 saturated heterocycles. The third kappa shape index (κ3) is 2.29. The number of carbonyl (C=O) groups is 1. The van der Waals surface area contributed by atoms with Crippen LogP contribution in [0.5, 0.6) is 5.75 Å². The molecule has 0 fully saturated rings. The Labute approximate surface area is 119 Å². The van der Waals surface area contributed by atoms with Gasteiger partial charge in [-0.2, -0.15) is 0 Å². The monoisotopic (exact) mass is 286 g/mol. The van der Waals surface area contributed by atoms with Crippen LogP contribution >= 0.6 is 0 Å². The molecule has 0 radical (unpaired) electrons. The third-order valence-corrected chi connectivity index (χ3v) is 2.97. The molecule has 0 saturated carbocycles. The van der Waals surface area contributed by atoms with Crippen LogP contribution in [0.3, 0.4) is 0 Å². The number of hydrogen-bond donors (Lipinski definition) is 1. The first-order chi connectivity index (χ1) is 10.2. The number of rotatable bonds is 4. The Balaban J connectivity index is 2.22. The molecule has 0 aliphatic rings. The van der Waals surface area contributed by atoms with Gasteiger partial charge < -0.3 is 10.5 Å². The summed E-state index contributed by atoms with van der Waals surface area (Å²) in [5, 5.41) is 0. The Morgan fingerprint density at radius 1 is 1.38 bits per heavy atom. The minimum atomic E-state index is -0.932. The maximum atomic E-state index is 12.3. The largest absolute Gasteiger partial charge is 0.463 e. The zero-order valence-corrected chi connectivity index (χ0v) is 10.9. The van der Waals surface area contributed by atoms with E-state index in [4.69, 9.17) is 10.5 Å². The lowest BCUT2D eigenvalue weighted by Crippen LogP contribution is -2.15. The van der Waals surface area contributed by atoms with Crippen LogP contribution in [0.2, 0.25) is 0 Å². The van der Waals surface area contributed by atoms with Crippen molar-refractivity contribution in [3.8, 4) is 17.0 Å². The van der Waals surface area contributed by atoms with Gasteiger partial charge in [-0.1, -0.05) is 12.1 Å². The van der Waals surface area contributed by atoms with Gasteiger partial charge >= 0.3 is 0 Å². The topological polar surface area (TPSA) is 82.5 Å². The van der Waals surface area contributed by atoms with Gasteiger partial charge in [0.25, 0.3) is 5.91 Å². The van der Waals surface area contributed by atoms with Crippen LogP contribution in [-0.2, 0) is 0 Å². The number of aromatic nitrogens is 3. The molecule has 0 aliphatic carbocycles. The predicted octanol–water partition coefficient (Wildman–Crippen LogP) is 1.80. The molecule has 2 heterocycles. The normalized spacial score (nSPS) is 10.7. The second-order valence-corrected chi connectivity index (χ2v) is 4.24. The molecule has 2 aromatic heterocycles. The highest BCUT2D eigenvalue weighted by atomic mass is 19.1. The minimum absolute atomic E-state index is 0.218. The molecule has 0 spiro atoms. The molecule has 106 valence electrons. The lowest BCUT2D eigenvalue weighted by Gasteiger charge is -2.04. The van der Waals surface area contributed by atoms with Gasteiger partial charge in [0.1, 0.15) is 17.1 Å². The van der Waals surface area contributed by atoms with Crippen LogP contribution in [0.4, 0.5) is 4.39 Å². The van der Waals surface area contributed by atoms with Gasteiger partial charge in [0.05, 0.1) is 0 Å². The van der Waals surface area contributed by atoms with E-state index in [1.54, 1.807) is 42.7 Å². The van der Waals surface area contributed by atoms with Gasteiger partial charge in [0, 0.05) is 18.0 Å². The Morgan fingerprint density at radius 3 is 3.00 bits per heavy atom. The fourth-order valence-electron chi connectivity index (χ4n) is 2.12. The summed E-state index contributed by atoms with van der Waals surface area (Å²) in [6.45, 7) is -0.932. The van der Waals surface area contributed by atoms with E-state index in [1.807, 2.05) is 0 Å². The van der Waals surface area contributed by atoms with Gasteiger partial charge in [0.15, 0.2) is 0 Å². The molecule has 21 heavy (non-hydrogen) atoms. The fourth-order valence-corrected chi connectivity index (χ4v) is 2.12. The molecular formula is C14H11FN4O2. The maximum absolute atomic E-state index is 12.3. The summed E-state index contributed by atoms with van der Waals surface area (Å²) in [4.78, 5) is 20.1. The lowest BCUT2D eigenvalue weighted by atomic mass is 10.1. The molecule has 7 heteroatoms. The maximum Gasteiger partial charge on any atom is 0.268 e. The number of fused-ring (bicyclic) bond motifs is 1. The van der Waals surface area contributed by atoms with E-state index in [9.17, 15) is 9.18 Å². The summed E-state index contributed by atoms with van der Waals surface area (Å²) >= 11 is 0. The molecule has 1 amide bonds. The fraction of sp³-hybridized carbons (Fsp3) is 0.0714. The summed E-state index contributed by atoms with van der Waals surface area (Å²) in [5.41, 5.74) is 6.64. The van der Waals surface area contributed by atoms with E-state index in [-0.39, 0.29) is 5.69 Å². The number of nitrogens with two attached hydrogens (primary N) is 1. The number of alkyl halides is 1. The van der Waals surface area contributed by atoms with E-state index in [0.717, 1.165) is 0 Å². The van der Waals surface area contributed by atoms with Crippen molar-refractivity contribution in [1.29, 1.82) is 0 Å². The number of primary amides is 1. The SMILES string of the molecule is NC(=O)c1c(-c2cccc(OCF)c2)nc2ncccn12. The van der Waals surface area contributed by atoms with Crippen LogP contribution in [-0.4, -0.2) is 27.1 Å². The van der Waals surface area contributed by atoms with Crippen molar-refractivity contribution in [3.05, 3.63) is 48.4 Å². The highest BCUT2D eigenvalue weighted by Gasteiger charge is 2.19. The first kappa shape index (κ1) is 13.0. The predicted molar refractivity (Wildman–Crippen MR) is 73.5 cm³/mol. The van der Waals surface area contributed by atoms with Crippen molar-refractivity contribution >= 4 is 11.7 Å².